The van der Waals surface area contributed by atoms with E-state index in [4.69, 9.17) is 11.6 Å². The maximum atomic E-state index is 13.5. The number of nitrogens with one attached hydrogen (secondary N) is 1. The zero-order valence-corrected chi connectivity index (χ0v) is 9.43. The van der Waals surface area contributed by atoms with Crippen LogP contribution in [0.25, 0.3) is 0 Å². The Bertz CT molecular complexity index is 391. The van der Waals surface area contributed by atoms with Gasteiger partial charge in [-0.15, -0.1) is 0 Å². The van der Waals surface area contributed by atoms with Crippen LogP contribution >= 0.6 is 11.6 Å². The van der Waals surface area contributed by atoms with Crippen molar-refractivity contribution in [1.29, 1.82) is 0 Å². The third-order valence-electron chi connectivity index (χ3n) is 2.60. The minimum Gasteiger partial charge on any atom is -0.336 e. The van der Waals surface area contributed by atoms with E-state index in [0.29, 0.717) is 23.7 Å². The van der Waals surface area contributed by atoms with Gasteiger partial charge in [0.15, 0.2) is 0 Å². The van der Waals surface area contributed by atoms with Gasteiger partial charge in [0, 0.05) is 23.7 Å². The molecule has 1 aliphatic heterocycles. The van der Waals surface area contributed by atoms with Crippen molar-refractivity contribution >= 4 is 17.5 Å². The summed E-state index contributed by atoms with van der Waals surface area (Å²) in [4.78, 5) is 13.1. The molecule has 0 bridgehead atoms. The number of carbonyl (C=O) groups excluding carboxylic acids is 1. The Morgan fingerprint density at radius 3 is 3.00 bits per heavy atom. The number of benzene rings is 1. The average Bonchev–Trinajstić information content (AvgIpc) is 2.26. The number of amides is 1. The summed E-state index contributed by atoms with van der Waals surface area (Å²) in [6.07, 6.45) is 0. The van der Waals surface area contributed by atoms with Crippen LogP contribution in [0.4, 0.5) is 4.39 Å². The van der Waals surface area contributed by atoms with E-state index in [0.717, 1.165) is 6.54 Å². The number of nitrogens with zero attached hydrogens (tertiary/aromatic N) is 1. The average molecular weight is 243 g/mol. The van der Waals surface area contributed by atoms with Gasteiger partial charge in [-0.1, -0.05) is 17.7 Å². The highest BCUT2D eigenvalue weighted by molar-refractivity contribution is 6.31. The minimum atomic E-state index is -0.362. The largest absolute Gasteiger partial charge is 0.336 e. The zero-order chi connectivity index (χ0) is 11.5. The van der Waals surface area contributed by atoms with Crippen LogP contribution in [0, 0.1) is 5.82 Å². The topological polar surface area (TPSA) is 32.3 Å². The lowest BCUT2D eigenvalue weighted by molar-refractivity contribution is -0.132. The van der Waals surface area contributed by atoms with E-state index >= 15 is 0 Å². The van der Waals surface area contributed by atoms with Crippen LogP contribution in [0.2, 0.25) is 5.02 Å². The molecule has 86 valence electrons. The minimum absolute atomic E-state index is 0.0226. The monoisotopic (exact) mass is 242 g/mol. The molecule has 2 rings (SSSR count). The Kier molecular flexibility index (Phi) is 3.41. The zero-order valence-electron chi connectivity index (χ0n) is 8.67. The van der Waals surface area contributed by atoms with Crippen molar-refractivity contribution in [3.63, 3.8) is 0 Å². The Labute approximate surface area is 98.2 Å². The van der Waals surface area contributed by atoms with Gasteiger partial charge in [0.2, 0.25) is 5.91 Å². The van der Waals surface area contributed by atoms with Gasteiger partial charge >= 0.3 is 0 Å². The summed E-state index contributed by atoms with van der Waals surface area (Å²) in [5.74, 6) is -0.385. The van der Waals surface area contributed by atoms with Gasteiger partial charge < -0.3 is 10.2 Å². The molecule has 1 fully saturated rings. The molecule has 1 aliphatic rings. The van der Waals surface area contributed by atoms with Crippen LogP contribution in [-0.2, 0) is 11.3 Å². The summed E-state index contributed by atoms with van der Waals surface area (Å²) >= 11 is 5.90. The second-order valence-corrected chi connectivity index (χ2v) is 4.10. The molecule has 0 unspecified atom stereocenters. The number of rotatable bonds is 2. The first-order valence-electron chi connectivity index (χ1n) is 5.10. The molecule has 1 amide bonds. The van der Waals surface area contributed by atoms with Gasteiger partial charge in [-0.3, -0.25) is 4.79 Å². The molecule has 1 heterocycles. The van der Waals surface area contributed by atoms with Crippen molar-refractivity contribution < 1.29 is 9.18 Å². The fourth-order valence-electron chi connectivity index (χ4n) is 1.69. The van der Waals surface area contributed by atoms with E-state index < -0.39 is 0 Å². The van der Waals surface area contributed by atoms with Gasteiger partial charge in [-0.25, -0.2) is 4.39 Å². The molecule has 0 spiro atoms. The lowest BCUT2D eigenvalue weighted by Crippen LogP contribution is -2.47. The second kappa shape index (κ2) is 4.80. The Morgan fingerprint density at radius 2 is 2.31 bits per heavy atom. The van der Waals surface area contributed by atoms with Crippen molar-refractivity contribution in [3.05, 3.63) is 34.6 Å². The summed E-state index contributed by atoms with van der Waals surface area (Å²) in [6, 6.07) is 4.54. The van der Waals surface area contributed by atoms with Crippen molar-refractivity contribution in [2.24, 2.45) is 0 Å². The van der Waals surface area contributed by atoms with E-state index in [2.05, 4.69) is 5.32 Å². The van der Waals surface area contributed by atoms with Crippen molar-refractivity contribution in [2.45, 2.75) is 6.54 Å². The molecule has 0 saturated carbocycles. The number of hydrogen-bond acceptors (Lipinski definition) is 2. The maximum Gasteiger partial charge on any atom is 0.236 e. The highest BCUT2D eigenvalue weighted by atomic mass is 35.5. The summed E-state index contributed by atoms with van der Waals surface area (Å²) in [5.41, 5.74) is 0.388. The third kappa shape index (κ3) is 2.33. The van der Waals surface area contributed by atoms with Crippen LogP contribution in [0.15, 0.2) is 18.2 Å². The quantitative estimate of drug-likeness (QED) is 0.851. The first-order valence-corrected chi connectivity index (χ1v) is 5.47. The molecule has 3 nitrogen and oxygen atoms in total. The number of carbonyl (C=O) groups is 1. The van der Waals surface area contributed by atoms with Crippen molar-refractivity contribution in [1.82, 2.24) is 10.2 Å². The molecule has 0 atom stereocenters. The van der Waals surface area contributed by atoms with E-state index in [9.17, 15) is 9.18 Å². The molecule has 0 aromatic heterocycles. The number of halogens is 2. The molecular weight excluding hydrogens is 231 g/mol. The summed E-state index contributed by atoms with van der Waals surface area (Å²) in [6.45, 7) is 1.87. The molecule has 1 saturated heterocycles. The lowest BCUT2D eigenvalue weighted by atomic mass is 10.2. The van der Waals surface area contributed by atoms with Crippen molar-refractivity contribution in [2.75, 3.05) is 19.6 Å². The predicted molar refractivity (Wildman–Crippen MR) is 59.7 cm³/mol. The molecule has 0 radical (unpaired) electrons. The molecular formula is C11H12ClFN2O. The molecule has 1 aromatic rings. The highest BCUT2D eigenvalue weighted by Crippen LogP contribution is 2.20. The van der Waals surface area contributed by atoms with E-state index in [1.54, 1.807) is 17.0 Å². The smallest absolute Gasteiger partial charge is 0.236 e. The van der Waals surface area contributed by atoms with Crippen LogP contribution < -0.4 is 5.32 Å². The van der Waals surface area contributed by atoms with Crippen molar-refractivity contribution in [3.8, 4) is 0 Å². The van der Waals surface area contributed by atoms with E-state index in [1.165, 1.54) is 6.07 Å². The summed E-state index contributed by atoms with van der Waals surface area (Å²) < 4.78 is 13.5. The maximum absolute atomic E-state index is 13.5. The van der Waals surface area contributed by atoms with Crippen LogP contribution in [0.5, 0.6) is 0 Å². The fourth-order valence-corrected chi connectivity index (χ4v) is 1.91. The first-order chi connectivity index (χ1) is 7.68. The fraction of sp³-hybridized carbons (Fsp3) is 0.364. The van der Waals surface area contributed by atoms with E-state index in [-0.39, 0.29) is 18.3 Å². The standard InChI is InChI=1S/C11H12ClFN2O/c12-9-2-1-3-10(13)8(9)7-15-5-4-14-6-11(15)16/h1-3,14H,4-7H2. The number of hydrogen-bond donors (Lipinski definition) is 1. The molecule has 1 N–H and O–H groups in total. The molecule has 0 aliphatic carbocycles. The second-order valence-electron chi connectivity index (χ2n) is 3.69. The Hall–Kier alpha value is -1.13. The predicted octanol–water partition coefficient (Wildman–Crippen LogP) is 1.41. The Morgan fingerprint density at radius 1 is 1.50 bits per heavy atom. The summed E-state index contributed by atoms with van der Waals surface area (Å²) in [5, 5.41) is 3.33. The van der Waals surface area contributed by atoms with E-state index in [1.807, 2.05) is 0 Å². The van der Waals surface area contributed by atoms with Crippen LogP contribution in [-0.4, -0.2) is 30.4 Å². The SMILES string of the molecule is O=C1CNCCN1Cc1c(F)cccc1Cl. The van der Waals surface area contributed by atoms with Crippen LogP contribution in [0.1, 0.15) is 5.56 Å². The normalized spacial score (nSPS) is 16.6. The van der Waals surface area contributed by atoms with Gasteiger partial charge in [0.25, 0.3) is 0 Å². The molecule has 1 aromatic carbocycles. The van der Waals surface area contributed by atoms with Gasteiger partial charge in [0.1, 0.15) is 5.82 Å². The first kappa shape index (κ1) is 11.4. The van der Waals surface area contributed by atoms with Crippen LogP contribution in [0.3, 0.4) is 0 Å². The Balaban J connectivity index is 2.16. The third-order valence-corrected chi connectivity index (χ3v) is 2.95. The highest BCUT2D eigenvalue weighted by Gasteiger charge is 2.20. The molecule has 16 heavy (non-hydrogen) atoms. The van der Waals surface area contributed by atoms with Gasteiger partial charge in [-0.05, 0) is 12.1 Å². The van der Waals surface area contributed by atoms with Gasteiger partial charge in [0.05, 0.1) is 13.1 Å². The molecule has 5 heteroatoms. The van der Waals surface area contributed by atoms with Gasteiger partial charge in [-0.2, -0.15) is 0 Å². The summed E-state index contributed by atoms with van der Waals surface area (Å²) in [7, 11) is 0. The lowest BCUT2D eigenvalue weighted by Gasteiger charge is -2.27. The number of piperazine rings is 1.